The lowest BCUT2D eigenvalue weighted by Crippen LogP contribution is -2.54. The van der Waals surface area contributed by atoms with Crippen molar-refractivity contribution in [3.8, 4) is 0 Å². The predicted molar refractivity (Wildman–Crippen MR) is 75.6 cm³/mol. The van der Waals surface area contributed by atoms with E-state index in [1.165, 1.54) is 0 Å². The van der Waals surface area contributed by atoms with E-state index in [2.05, 4.69) is 42.1 Å². The smallest absolute Gasteiger partial charge is 0.0910 e. The molecule has 0 N–H and O–H groups in total. The van der Waals surface area contributed by atoms with Crippen molar-refractivity contribution in [3.05, 3.63) is 24.8 Å². The highest BCUT2D eigenvalue weighted by molar-refractivity contribution is 5.71. The lowest BCUT2D eigenvalue weighted by molar-refractivity contribution is 0.0622. The van der Waals surface area contributed by atoms with Crippen molar-refractivity contribution >= 4 is 6.21 Å². The molecule has 3 heteroatoms. The van der Waals surface area contributed by atoms with E-state index in [4.69, 9.17) is 0 Å². The molecule has 17 heavy (non-hydrogen) atoms. The van der Waals surface area contributed by atoms with Crippen LogP contribution in [-0.2, 0) is 0 Å². The number of hydrogen-bond donors (Lipinski definition) is 0. The van der Waals surface area contributed by atoms with Crippen LogP contribution in [0.25, 0.3) is 0 Å². The number of allylic oxidation sites excluding steroid dienone is 3. The molecule has 1 aliphatic heterocycles. The Labute approximate surface area is 106 Å². The normalized spacial score (nSPS) is 24.1. The topological polar surface area (TPSA) is 18.8 Å². The maximum absolute atomic E-state index is 4.38. The first kappa shape index (κ1) is 14.1. The van der Waals surface area contributed by atoms with Crippen molar-refractivity contribution in [1.82, 2.24) is 9.80 Å². The standard InChI is InChI=1S/C14H25N3/c1-5-6-7-8-15-12-16-9-10-17(13(2)3)14(4)11-16/h5-8,13-14H,1,9-12H2,2-4H3/b7-6-,15-8?. The van der Waals surface area contributed by atoms with Gasteiger partial charge >= 0.3 is 0 Å². The molecule has 0 spiro atoms. The van der Waals surface area contributed by atoms with E-state index in [0.717, 1.165) is 26.3 Å². The highest BCUT2D eigenvalue weighted by Gasteiger charge is 2.24. The van der Waals surface area contributed by atoms with Crippen molar-refractivity contribution < 1.29 is 0 Å². The molecule has 1 heterocycles. The van der Waals surface area contributed by atoms with Crippen LogP contribution in [0.5, 0.6) is 0 Å². The fourth-order valence-corrected chi connectivity index (χ4v) is 2.29. The first-order valence-corrected chi connectivity index (χ1v) is 6.40. The quantitative estimate of drug-likeness (QED) is 0.537. The maximum atomic E-state index is 4.38. The summed E-state index contributed by atoms with van der Waals surface area (Å²) in [5.41, 5.74) is 0. The average Bonchev–Trinajstić information content (AvgIpc) is 2.28. The van der Waals surface area contributed by atoms with Crippen LogP contribution in [-0.4, -0.2) is 54.4 Å². The summed E-state index contributed by atoms with van der Waals surface area (Å²) < 4.78 is 0. The molecule has 0 radical (unpaired) electrons. The Balaban J connectivity index is 2.32. The van der Waals surface area contributed by atoms with Crippen LogP contribution in [0.1, 0.15) is 20.8 Å². The third-order valence-electron chi connectivity index (χ3n) is 3.15. The first-order valence-electron chi connectivity index (χ1n) is 6.40. The third-order valence-corrected chi connectivity index (χ3v) is 3.15. The van der Waals surface area contributed by atoms with Gasteiger partial charge < -0.3 is 0 Å². The summed E-state index contributed by atoms with van der Waals surface area (Å²) in [5.74, 6) is 0. The van der Waals surface area contributed by atoms with Crippen molar-refractivity contribution in [2.75, 3.05) is 26.3 Å². The van der Waals surface area contributed by atoms with Crippen molar-refractivity contribution in [3.63, 3.8) is 0 Å². The zero-order valence-electron chi connectivity index (χ0n) is 11.3. The van der Waals surface area contributed by atoms with Crippen LogP contribution in [0.3, 0.4) is 0 Å². The summed E-state index contributed by atoms with van der Waals surface area (Å²) in [6, 6.07) is 1.27. The molecule has 1 aliphatic rings. The van der Waals surface area contributed by atoms with E-state index < -0.39 is 0 Å². The number of piperazine rings is 1. The fourth-order valence-electron chi connectivity index (χ4n) is 2.29. The molecular formula is C14H25N3. The summed E-state index contributed by atoms with van der Waals surface area (Å²) in [5, 5.41) is 0. The second kappa shape index (κ2) is 7.41. The average molecular weight is 235 g/mol. The van der Waals surface area contributed by atoms with Crippen molar-refractivity contribution in [2.45, 2.75) is 32.9 Å². The van der Waals surface area contributed by atoms with Crippen LogP contribution in [0.4, 0.5) is 0 Å². The van der Waals surface area contributed by atoms with E-state index in [1.807, 2.05) is 18.4 Å². The molecule has 1 rings (SSSR count). The molecule has 0 saturated carbocycles. The summed E-state index contributed by atoms with van der Waals surface area (Å²) in [6.45, 7) is 14.6. The van der Waals surface area contributed by atoms with E-state index in [-0.39, 0.29) is 0 Å². The molecule has 0 aromatic carbocycles. The van der Waals surface area contributed by atoms with E-state index >= 15 is 0 Å². The monoisotopic (exact) mass is 235 g/mol. The summed E-state index contributed by atoms with van der Waals surface area (Å²) in [7, 11) is 0. The molecule has 1 atom stereocenters. The van der Waals surface area contributed by atoms with Crippen LogP contribution in [0.2, 0.25) is 0 Å². The third kappa shape index (κ3) is 4.84. The number of rotatable bonds is 5. The van der Waals surface area contributed by atoms with Gasteiger partial charge in [-0.3, -0.25) is 14.8 Å². The van der Waals surface area contributed by atoms with Crippen molar-refractivity contribution in [2.24, 2.45) is 4.99 Å². The maximum Gasteiger partial charge on any atom is 0.0910 e. The Morgan fingerprint density at radius 3 is 2.71 bits per heavy atom. The van der Waals surface area contributed by atoms with Gasteiger partial charge in [-0.25, -0.2) is 0 Å². The lowest BCUT2D eigenvalue weighted by Gasteiger charge is -2.41. The minimum Gasteiger partial charge on any atom is -0.296 e. The van der Waals surface area contributed by atoms with Crippen LogP contribution < -0.4 is 0 Å². The largest absolute Gasteiger partial charge is 0.296 e. The molecule has 3 nitrogen and oxygen atoms in total. The Kier molecular flexibility index (Phi) is 6.16. The highest BCUT2D eigenvalue weighted by Crippen LogP contribution is 2.12. The molecule has 0 aliphatic carbocycles. The molecule has 0 aromatic rings. The predicted octanol–water partition coefficient (Wildman–Crippen LogP) is 2.17. The van der Waals surface area contributed by atoms with Gasteiger partial charge in [0.05, 0.1) is 6.67 Å². The Morgan fingerprint density at radius 2 is 2.12 bits per heavy atom. The Morgan fingerprint density at radius 1 is 1.35 bits per heavy atom. The van der Waals surface area contributed by atoms with Crippen LogP contribution in [0, 0.1) is 0 Å². The fraction of sp³-hybridized carbons (Fsp3) is 0.643. The van der Waals surface area contributed by atoms with Crippen molar-refractivity contribution in [1.29, 1.82) is 0 Å². The summed E-state index contributed by atoms with van der Waals surface area (Å²) in [4.78, 5) is 9.34. The van der Waals surface area contributed by atoms with Gasteiger partial charge in [-0.2, -0.15) is 0 Å². The molecule has 0 aromatic heterocycles. The van der Waals surface area contributed by atoms with Gasteiger partial charge in [-0.05, 0) is 26.8 Å². The van der Waals surface area contributed by atoms with Gasteiger partial charge in [-0.15, -0.1) is 0 Å². The minimum atomic E-state index is 0.627. The van der Waals surface area contributed by atoms with Crippen LogP contribution >= 0.6 is 0 Å². The number of nitrogens with zero attached hydrogens (tertiary/aromatic N) is 3. The van der Waals surface area contributed by atoms with Gasteiger partial charge in [0.2, 0.25) is 0 Å². The first-order chi connectivity index (χ1) is 8.15. The van der Waals surface area contributed by atoms with E-state index in [9.17, 15) is 0 Å². The van der Waals surface area contributed by atoms with Gasteiger partial charge in [0.25, 0.3) is 0 Å². The van der Waals surface area contributed by atoms with E-state index in [0.29, 0.717) is 12.1 Å². The van der Waals surface area contributed by atoms with E-state index in [1.54, 1.807) is 6.08 Å². The van der Waals surface area contributed by atoms with Gasteiger partial charge in [0, 0.05) is 37.9 Å². The SMILES string of the molecule is C=C/C=C\C=NCN1CCN(C(C)C)C(C)C1. The molecule has 1 fully saturated rings. The second-order valence-electron chi connectivity index (χ2n) is 4.85. The van der Waals surface area contributed by atoms with Gasteiger partial charge in [0.1, 0.15) is 0 Å². The minimum absolute atomic E-state index is 0.627. The summed E-state index contributed by atoms with van der Waals surface area (Å²) >= 11 is 0. The summed E-state index contributed by atoms with van der Waals surface area (Å²) in [6.07, 6.45) is 7.42. The molecular weight excluding hydrogens is 210 g/mol. The zero-order valence-corrected chi connectivity index (χ0v) is 11.3. The molecule has 96 valence electrons. The van der Waals surface area contributed by atoms with Gasteiger partial charge in [-0.1, -0.05) is 18.7 Å². The molecule has 1 unspecified atom stereocenters. The highest BCUT2D eigenvalue weighted by atomic mass is 15.3. The lowest BCUT2D eigenvalue weighted by atomic mass is 10.1. The number of aliphatic imine (C=N–C) groups is 1. The number of hydrogen-bond acceptors (Lipinski definition) is 3. The molecule has 0 amide bonds. The zero-order chi connectivity index (χ0) is 12.7. The van der Waals surface area contributed by atoms with Gasteiger partial charge in [0.15, 0.2) is 0 Å². The Bertz CT molecular complexity index is 281. The Hall–Kier alpha value is -0.930. The molecule has 1 saturated heterocycles. The molecule has 0 bridgehead atoms. The second-order valence-corrected chi connectivity index (χ2v) is 4.85. The van der Waals surface area contributed by atoms with Crippen LogP contribution in [0.15, 0.2) is 29.8 Å².